The van der Waals surface area contributed by atoms with Gasteiger partial charge in [0.25, 0.3) is 5.91 Å². The molecule has 104 valence electrons. The second kappa shape index (κ2) is 5.97. The molecule has 0 heterocycles. The number of nitrogens with zero attached hydrogens (tertiary/aromatic N) is 1. The predicted molar refractivity (Wildman–Crippen MR) is 84.4 cm³/mol. The molecule has 20 heavy (non-hydrogen) atoms. The van der Waals surface area contributed by atoms with Gasteiger partial charge in [-0.25, -0.2) is 0 Å². The molecule has 4 heteroatoms. The molecule has 2 aromatic carbocycles. The van der Waals surface area contributed by atoms with Crippen molar-refractivity contribution in [2.75, 3.05) is 17.2 Å². The minimum Gasteiger partial charge on any atom is -0.399 e. The van der Waals surface area contributed by atoms with Crippen LogP contribution in [0.25, 0.3) is 0 Å². The van der Waals surface area contributed by atoms with E-state index in [2.05, 4.69) is 0 Å². The third-order valence-electron chi connectivity index (χ3n) is 3.13. The molecule has 2 aromatic rings. The zero-order valence-corrected chi connectivity index (χ0v) is 12.3. The molecule has 0 fully saturated rings. The predicted octanol–water partition coefficient (Wildman–Crippen LogP) is 3.90. The van der Waals surface area contributed by atoms with Gasteiger partial charge in [0.05, 0.1) is 10.6 Å². The number of hydrogen-bond donors (Lipinski definition) is 1. The average molecular weight is 289 g/mol. The molecule has 2 rings (SSSR count). The third kappa shape index (κ3) is 2.94. The van der Waals surface area contributed by atoms with Crippen LogP contribution in [0.2, 0.25) is 5.02 Å². The molecular formula is C16H17ClN2O. The molecule has 0 saturated heterocycles. The van der Waals surface area contributed by atoms with Crippen LogP contribution in [-0.2, 0) is 0 Å². The van der Waals surface area contributed by atoms with E-state index in [-0.39, 0.29) is 5.91 Å². The normalized spacial score (nSPS) is 10.3. The van der Waals surface area contributed by atoms with Gasteiger partial charge in [-0.3, -0.25) is 4.79 Å². The van der Waals surface area contributed by atoms with E-state index in [0.29, 0.717) is 22.8 Å². The Morgan fingerprint density at radius 2 is 1.85 bits per heavy atom. The van der Waals surface area contributed by atoms with Gasteiger partial charge in [-0.15, -0.1) is 0 Å². The monoisotopic (exact) mass is 288 g/mol. The van der Waals surface area contributed by atoms with E-state index in [4.69, 9.17) is 17.3 Å². The number of rotatable bonds is 3. The minimum absolute atomic E-state index is 0.145. The Hall–Kier alpha value is -2.00. The number of hydrogen-bond acceptors (Lipinski definition) is 2. The topological polar surface area (TPSA) is 46.3 Å². The van der Waals surface area contributed by atoms with E-state index >= 15 is 0 Å². The van der Waals surface area contributed by atoms with E-state index in [1.165, 1.54) is 0 Å². The maximum Gasteiger partial charge on any atom is 0.259 e. The standard InChI is InChI=1S/C16H17ClN2O/c1-3-19(13-7-4-11(2)5-8-13)16(20)14-10-12(18)6-9-15(14)17/h4-10H,3,18H2,1-2H3. The summed E-state index contributed by atoms with van der Waals surface area (Å²) in [7, 11) is 0. The van der Waals surface area contributed by atoms with Gasteiger partial charge in [0.1, 0.15) is 0 Å². The Labute approximate surface area is 124 Å². The zero-order chi connectivity index (χ0) is 14.7. The lowest BCUT2D eigenvalue weighted by Gasteiger charge is -2.22. The summed E-state index contributed by atoms with van der Waals surface area (Å²) in [5, 5.41) is 0.412. The van der Waals surface area contributed by atoms with Crippen LogP contribution in [-0.4, -0.2) is 12.5 Å². The minimum atomic E-state index is -0.145. The van der Waals surface area contributed by atoms with Crippen molar-refractivity contribution in [1.29, 1.82) is 0 Å². The van der Waals surface area contributed by atoms with Crippen molar-refractivity contribution in [1.82, 2.24) is 0 Å². The van der Waals surface area contributed by atoms with E-state index in [9.17, 15) is 4.79 Å². The fourth-order valence-electron chi connectivity index (χ4n) is 2.02. The number of halogens is 1. The van der Waals surface area contributed by atoms with Crippen molar-refractivity contribution in [3.8, 4) is 0 Å². The third-order valence-corrected chi connectivity index (χ3v) is 3.46. The van der Waals surface area contributed by atoms with Gasteiger partial charge in [0, 0.05) is 17.9 Å². The Bertz CT molecular complexity index is 623. The highest BCUT2D eigenvalue weighted by atomic mass is 35.5. The summed E-state index contributed by atoms with van der Waals surface area (Å²) in [5.74, 6) is -0.145. The molecule has 0 aliphatic rings. The Morgan fingerprint density at radius 1 is 1.20 bits per heavy atom. The first kappa shape index (κ1) is 14.4. The molecule has 1 amide bonds. The van der Waals surface area contributed by atoms with Gasteiger partial charge >= 0.3 is 0 Å². The Morgan fingerprint density at radius 3 is 2.45 bits per heavy atom. The number of benzene rings is 2. The largest absolute Gasteiger partial charge is 0.399 e. The molecule has 0 aliphatic carbocycles. The molecule has 0 aliphatic heterocycles. The molecule has 0 unspecified atom stereocenters. The second-order valence-corrected chi connectivity index (χ2v) is 5.03. The molecule has 0 radical (unpaired) electrons. The first-order valence-electron chi connectivity index (χ1n) is 6.46. The summed E-state index contributed by atoms with van der Waals surface area (Å²) < 4.78 is 0. The Balaban J connectivity index is 2.38. The lowest BCUT2D eigenvalue weighted by molar-refractivity contribution is 0.0988. The number of aryl methyl sites for hydroxylation is 1. The molecule has 3 nitrogen and oxygen atoms in total. The number of amides is 1. The number of nitrogen functional groups attached to an aromatic ring is 1. The number of anilines is 2. The molecule has 0 spiro atoms. The molecular weight excluding hydrogens is 272 g/mol. The first-order chi connectivity index (χ1) is 9.52. The van der Waals surface area contributed by atoms with Crippen molar-refractivity contribution in [2.24, 2.45) is 0 Å². The van der Waals surface area contributed by atoms with Gasteiger partial charge in [0.2, 0.25) is 0 Å². The van der Waals surface area contributed by atoms with E-state index < -0.39 is 0 Å². The first-order valence-corrected chi connectivity index (χ1v) is 6.84. The lowest BCUT2D eigenvalue weighted by atomic mass is 10.1. The van der Waals surface area contributed by atoms with Crippen molar-refractivity contribution >= 4 is 28.9 Å². The lowest BCUT2D eigenvalue weighted by Crippen LogP contribution is -2.30. The summed E-state index contributed by atoms with van der Waals surface area (Å²) in [6.45, 7) is 4.50. The van der Waals surface area contributed by atoms with Crippen molar-refractivity contribution in [3.05, 3.63) is 58.6 Å². The highest BCUT2D eigenvalue weighted by Gasteiger charge is 2.18. The summed E-state index contributed by atoms with van der Waals surface area (Å²) in [6, 6.07) is 12.8. The van der Waals surface area contributed by atoms with Crippen LogP contribution in [0.15, 0.2) is 42.5 Å². The van der Waals surface area contributed by atoms with E-state index in [1.54, 1.807) is 23.1 Å². The maximum absolute atomic E-state index is 12.6. The van der Waals surface area contributed by atoms with Crippen molar-refractivity contribution in [3.63, 3.8) is 0 Å². The van der Waals surface area contributed by atoms with Crippen LogP contribution in [0.5, 0.6) is 0 Å². The van der Waals surface area contributed by atoms with Gasteiger partial charge < -0.3 is 10.6 Å². The number of carbonyl (C=O) groups excluding carboxylic acids is 1. The summed E-state index contributed by atoms with van der Waals surface area (Å²) in [5.41, 5.74) is 8.69. The van der Waals surface area contributed by atoms with Crippen LogP contribution < -0.4 is 10.6 Å². The molecule has 0 aromatic heterocycles. The summed E-state index contributed by atoms with van der Waals surface area (Å²) in [6.07, 6.45) is 0. The van der Waals surface area contributed by atoms with E-state index in [1.807, 2.05) is 38.1 Å². The number of carbonyl (C=O) groups is 1. The highest BCUT2D eigenvalue weighted by Crippen LogP contribution is 2.24. The van der Waals surface area contributed by atoms with Gasteiger partial charge in [-0.05, 0) is 44.2 Å². The average Bonchev–Trinajstić information content (AvgIpc) is 2.44. The highest BCUT2D eigenvalue weighted by molar-refractivity contribution is 6.34. The van der Waals surface area contributed by atoms with Crippen LogP contribution in [0, 0.1) is 6.92 Å². The Kier molecular flexibility index (Phi) is 4.30. The zero-order valence-electron chi connectivity index (χ0n) is 11.6. The van der Waals surface area contributed by atoms with Gasteiger partial charge in [-0.1, -0.05) is 29.3 Å². The molecule has 0 bridgehead atoms. The number of nitrogens with two attached hydrogens (primary N) is 1. The molecule has 0 saturated carbocycles. The quantitative estimate of drug-likeness (QED) is 0.871. The fraction of sp³-hybridized carbons (Fsp3) is 0.188. The van der Waals surface area contributed by atoms with Crippen LogP contribution in [0.3, 0.4) is 0 Å². The summed E-state index contributed by atoms with van der Waals surface area (Å²) >= 11 is 6.10. The van der Waals surface area contributed by atoms with Gasteiger partial charge in [-0.2, -0.15) is 0 Å². The SMILES string of the molecule is CCN(C(=O)c1cc(N)ccc1Cl)c1ccc(C)cc1. The van der Waals surface area contributed by atoms with Crippen LogP contribution in [0.1, 0.15) is 22.8 Å². The van der Waals surface area contributed by atoms with E-state index in [0.717, 1.165) is 11.3 Å². The van der Waals surface area contributed by atoms with Gasteiger partial charge in [0.15, 0.2) is 0 Å². The maximum atomic E-state index is 12.6. The van der Waals surface area contributed by atoms with Crippen LogP contribution in [0.4, 0.5) is 11.4 Å². The molecule has 0 atom stereocenters. The van der Waals surface area contributed by atoms with Crippen molar-refractivity contribution < 1.29 is 4.79 Å². The fourth-order valence-corrected chi connectivity index (χ4v) is 2.22. The van der Waals surface area contributed by atoms with Crippen LogP contribution >= 0.6 is 11.6 Å². The smallest absolute Gasteiger partial charge is 0.259 e. The molecule has 2 N–H and O–H groups in total. The second-order valence-electron chi connectivity index (χ2n) is 4.62. The van der Waals surface area contributed by atoms with Crippen molar-refractivity contribution in [2.45, 2.75) is 13.8 Å². The summed E-state index contributed by atoms with van der Waals surface area (Å²) in [4.78, 5) is 14.3.